The van der Waals surface area contributed by atoms with Crippen LogP contribution < -0.4 is 0 Å². The molecule has 0 spiro atoms. The quantitative estimate of drug-likeness (QED) is 0.431. The average molecular weight is 135 g/mol. The maximum Gasteiger partial charge on any atom is 0.0833 e. The van der Waals surface area contributed by atoms with E-state index in [1.807, 2.05) is 6.07 Å². The minimum Gasteiger partial charge on any atom is -0.792 e. The number of rotatable bonds is 1. The fourth-order valence-corrected chi connectivity index (χ4v) is 0.624. The molecule has 10 heavy (non-hydrogen) atoms. The van der Waals surface area contributed by atoms with Crippen molar-refractivity contribution < 1.29 is 0 Å². The molecule has 0 N–H and O–H groups in total. The summed E-state index contributed by atoms with van der Waals surface area (Å²) in [6, 6.07) is 5.36. The molecule has 0 aliphatic carbocycles. The van der Waals surface area contributed by atoms with Crippen molar-refractivity contribution in [2.24, 2.45) is 5.16 Å². The molecule has 1 heterocycles. The van der Waals surface area contributed by atoms with Gasteiger partial charge in [0.25, 0.3) is 0 Å². The Morgan fingerprint density at radius 3 is 2.90 bits per heavy atom. The first-order valence-corrected chi connectivity index (χ1v) is 2.93. The van der Waals surface area contributed by atoms with E-state index in [2.05, 4.69) is 10.1 Å². The molecule has 0 bridgehead atoms. The predicted molar refractivity (Wildman–Crippen MR) is 39.8 cm³/mol. The van der Waals surface area contributed by atoms with Gasteiger partial charge >= 0.3 is 0 Å². The zero-order valence-electron chi connectivity index (χ0n) is 5.61. The van der Waals surface area contributed by atoms with Gasteiger partial charge in [0.2, 0.25) is 0 Å². The smallest absolute Gasteiger partial charge is 0.0833 e. The topological polar surface area (TPSA) is 48.3 Å². The molecule has 0 aromatic carbocycles. The van der Waals surface area contributed by atoms with Crippen molar-refractivity contribution in [2.75, 3.05) is 0 Å². The van der Waals surface area contributed by atoms with Gasteiger partial charge in [0.05, 0.1) is 11.4 Å². The first-order chi connectivity index (χ1) is 4.84. The van der Waals surface area contributed by atoms with Crippen LogP contribution in [-0.2, 0) is 0 Å². The summed E-state index contributed by atoms with van der Waals surface area (Å²) in [6.45, 7) is 1.63. The van der Waals surface area contributed by atoms with E-state index in [1.165, 1.54) is 0 Å². The van der Waals surface area contributed by atoms with E-state index < -0.39 is 0 Å². The van der Waals surface area contributed by atoms with Crippen LogP contribution in [0, 0.1) is 5.21 Å². The zero-order chi connectivity index (χ0) is 7.40. The van der Waals surface area contributed by atoms with Gasteiger partial charge in [-0.15, -0.1) is 0 Å². The highest BCUT2D eigenvalue weighted by Gasteiger charge is 1.91. The van der Waals surface area contributed by atoms with Crippen molar-refractivity contribution in [2.45, 2.75) is 6.92 Å². The summed E-state index contributed by atoms with van der Waals surface area (Å²) in [7, 11) is 0. The van der Waals surface area contributed by atoms with Crippen LogP contribution in [0.15, 0.2) is 29.6 Å². The third-order valence-corrected chi connectivity index (χ3v) is 1.17. The highest BCUT2D eigenvalue weighted by atomic mass is 16.4. The van der Waals surface area contributed by atoms with Crippen LogP contribution in [0.1, 0.15) is 12.6 Å². The van der Waals surface area contributed by atoms with Crippen LogP contribution >= 0.6 is 0 Å². The maximum atomic E-state index is 9.98. The molecule has 1 aromatic heterocycles. The van der Waals surface area contributed by atoms with Crippen molar-refractivity contribution in [1.82, 2.24) is 4.98 Å². The summed E-state index contributed by atoms with van der Waals surface area (Å²) >= 11 is 0. The van der Waals surface area contributed by atoms with Gasteiger partial charge in [-0.05, 0) is 19.1 Å². The third-order valence-electron chi connectivity index (χ3n) is 1.17. The van der Waals surface area contributed by atoms with E-state index in [0.717, 1.165) is 0 Å². The minimum atomic E-state index is 0.417. The second-order valence-corrected chi connectivity index (χ2v) is 1.89. The lowest BCUT2D eigenvalue weighted by Crippen LogP contribution is -1.95. The molecule has 0 saturated heterocycles. The Hall–Kier alpha value is -1.38. The van der Waals surface area contributed by atoms with Crippen molar-refractivity contribution in [3.63, 3.8) is 0 Å². The van der Waals surface area contributed by atoms with E-state index in [9.17, 15) is 5.21 Å². The van der Waals surface area contributed by atoms with E-state index in [1.54, 1.807) is 25.3 Å². The predicted octanol–water partition coefficient (Wildman–Crippen LogP) is 1.39. The van der Waals surface area contributed by atoms with Gasteiger partial charge in [-0.3, -0.25) is 4.98 Å². The summed E-state index contributed by atoms with van der Waals surface area (Å²) < 4.78 is 0. The number of nitrogens with zero attached hydrogens (tertiary/aromatic N) is 2. The first kappa shape index (κ1) is 6.74. The third kappa shape index (κ3) is 1.31. The molecule has 0 amide bonds. The summed E-state index contributed by atoms with van der Waals surface area (Å²) in [5.41, 5.74) is 1.05. The normalized spacial score (nSPS) is 11.5. The molecule has 0 aliphatic rings. The molecular formula is C7H7N2O-. The van der Waals surface area contributed by atoms with Gasteiger partial charge in [0.1, 0.15) is 0 Å². The van der Waals surface area contributed by atoms with E-state index >= 15 is 0 Å². The zero-order valence-corrected chi connectivity index (χ0v) is 5.61. The molecular weight excluding hydrogens is 128 g/mol. The second kappa shape index (κ2) is 2.96. The van der Waals surface area contributed by atoms with Crippen LogP contribution in [-0.4, -0.2) is 10.7 Å². The Morgan fingerprint density at radius 2 is 2.40 bits per heavy atom. The van der Waals surface area contributed by atoms with E-state index in [0.29, 0.717) is 11.4 Å². The van der Waals surface area contributed by atoms with Crippen molar-refractivity contribution in [3.05, 3.63) is 35.3 Å². The Bertz CT molecular complexity index is 231. The molecule has 0 unspecified atom stereocenters. The lowest BCUT2D eigenvalue weighted by molar-refractivity contribution is 1.28. The summed E-state index contributed by atoms with van der Waals surface area (Å²) in [4.78, 5) is 3.92. The molecule has 0 aliphatic heterocycles. The van der Waals surface area contributed by atoms with Crippen molar-refractivity contribution >= 4 is 5.71 Å². The lowest BCUT2D eigenvalue weighted by atomic mass is 10.3. The van der Waals surface area contributed by atoms with E-state index in [4.69, 9.17) is 0 Å². The Morgan fingerprint density at radius 1 is 1.60 bits per heavy atom. The first-order valence-electron chi connectivity index (χ1n) is 2.93. The number of hydrogen-bond acceptors (Lipinski definition) is 3. The molecule has 52 valence electrons. The number of hydrogen-bond donors (Lipinski definition) is 0. The van der Waals surface area contributed by atoms with Crippen LogP contribution in [0.5, 0.6) is 0 Å². The van der Waals surface area contributed by atoms with Crippen LogP contribution in [0.4, 0.5) is 0 Å². The fraction of sp³-hybridized carbons (Fsp3) is 0.143. The molecule has 0 fully saturated rings. The standard InChI is InChI=1S/C7H8N2O/c1-6(9-10)7-4-2-3-5-8-7/h2-5,10H,1H3/p-1. The van der Waals surface area contributed by atoms with Gasteiger partial charge in [-0.1, -0.05) is 6.07 Å². The monoisotopic (exact) mass is 135 g/mol. The van der Waals surface area contributed by atoms with Crippen molar-refractivity contribution in [1.29, 1.82) is 0 Å². The van der Waals surface area contributed by atoms with Crippen LogP contribution in [0.25, 0.3) is 0 Å². The molecule has 3 nitrogen and oxygen atoms in total. The summed E-state index contributed by atoms with van der Waals surface area (Å²) in [5.74, 6) is 0. The van der Waals surface area contributed by atoms with Gasteiger partial charge in [0, 0.05) is 6.20 Å². The van der Waals surface area contributed by atoms with Gasteiger partial charge < -0.3 is 10.4 Å². The SMILES string of the molecule is CC(=N[O-])c1ccccn1. The minimum absolute atomic E-state index is 0.417. The van der Waals surface area contributed by atoms with Gasteiger partial charge in [-0.2, -0.15) is 0 Å². The van der Waals surface area contributed by atoms with E-state index in [-0.39, 0.29) is 0 Å². The highest BCUT2D eigenvalue weighted by molar-refractivity contribution is 5.96. The number of pyridine rings is 1. The maximum absolute atomic E-state index is 9.98. The molecule has 0 saturated carbocycles. The Labute approximate surface area is 59.0 Å². The Balaban J connectivity index is 2.96. The highest BCUT2D eigenvalue weighted by Crippen LogP contribution is 1.94. The average Bonchev–Trinajstić information content (AvgIpc) is 2.05. The fourth-order valence-electron chi connectivity index (χ4n) is 0.624. The van der Waals surface area contributed by atoms with Crippen LogP contribution in [0.2, 0.25) is 0 Å². The summed E-state index contributed by atoms with van der Waals surface area (Å²) in [6.07, 6.45) is 1.63. The molecule has 1 rings (SSSR count). The summed E-state index contributed by atoms with van der Waals surface area (Å²) in [5, 5.41) is 12.7. The molecule has 3 heteroatoms. The largest absolute Gasteiger partial charge is 0.792 e. The van der Waals surface area contributed by atoms with Crippen molar-refractivity contribution in [3.8, 4) is 0 Å². The number of aromatic nitrogens is 1. The molecule has 0 radical (unpaired) electrons. The van der Waals surface area contributed by atoms with Gasteiger partial charge in [0.15, 0.2) is 0 Å². The second-order valence-electron chi connectivity index (χ2n) is 1.89. The van der Waals surface area contributed by atoms with Crippen LogP contribution in [0.3, 0.4) is 0 Å². The Kier molecular flexibility index (Phi) is 1.99. The molecule has 0 atom stereocenters. The lowest BCUT2D eigenvalue weighted by Gasteiger charge is -1.99. The van der Waals surface area contributed by atoms with Gasteiger partial charge in [-0.25, -0.2) is 0 Å². The molecule has 1 aromatic rings.